The highest BCUT2D eigenvalue weighted by atomic mass is 19.4. The van der Waals surface area contributed by atoms with Gasteiger partial charge in [-0.15, -0.1) is 0 Å². The highest BCUT2D eigenvalue weighted by Crippen LogP contribution is 2.47. The number of alkyl halides is 18. The molecule has 6 nitrogen and oxygen atoms in total. The molecule has 4 rings (SSSR count). The second kappa shape index (κ2) is 7.51. The minimum absolute atomic E-state index is 1.35. The van der Waals surface area contributed by atoms with E-state index >= 15 is 0 Å². The summed E-state index contributed by atoms with van der Waals surface area (Å²) in [5.74, 6) is -7.46. The molecule has 0 saturated carbocycles. The Hall–Kier alpha value is -3.63. The predicted molar refractivity (Wildman–Crippen MR) is 82.7 cm³/mol. The Kier molecular flexibility index (Phi) is 5.47. The molecule has 0 aliphatic rings. The van der Waals surface area contributed by atoms with E-state index in [1.807, 2.05) is 0 Å². The second-order valence-corrected chi connectivity index (χ2v) is 7.32. The molecule has 24 heteroatoms. The molecule has 0 aliphatic carbocycles. The van der Waals surface area contributed by atoms with Crippen LogP contribution in [0.15, 0.2) is 0 Å². The van der Waals surface area contributed by atoms with Crippen molar-refractivity contribution in [2.75, 3.05) is 0 Å². The standard InChI is InChI=1S/C15F18N6/c16-10(17,18)1-4(13(25,26)27)37-7(34-1)38-5(14(28,29)30)2(11(19,20)21)36-9(38)39-6(15(31,32)33)3(12(22,23)24)35-8(37)39. The van der Waals surface area contributed by atoms with E-state index in [-0.39, 0.29) is 0 Å². The van der Waals surface area contributed by atoms with E-state index in [4.69, 9.17) is 0 Å². The molecule has 0 spiro atoms. The van der Waals surface area contributed by atoms with E-state index < -0.39 is 102 Å². The monoisotopic (exact) mass is 606 g/mol. The largest absolute Gasteiger partial charge is 0.435 e. The van der Waals surface area contributed by atoms with E-state index in [0.29, 0.717) is 0 Å². The molecule has 4 aromatic rings. The average molecular weight is 606 g/mol. The summed E-state index contributed by atoms with van der Waals surface area (Å²) in [5, 5.41) is 0. The molecular formula is C15F18N6. The first-order valence-electron chi connectivity index (χ1n) is 9.01. The van der Waals surface area contributed by atoms with Crippen molar-refractivity contribution in [2.24, 2.45) is 0 Å². The average Bonchev–Trinajstić information content (AvgIpc) is 3.35. The van der Waals surface area contributed by atoms with Crippen LogP contribution in [0.25, 0.3) is 17.3 Å². The number of hydrogen-bond donors (Lipinski definition) is 0. The van der Waals surface area contributed by atoms with Gasteiger partial charge >= 0.3 is 37.1 Å². The van der Waals surface area contributed by atoms with Gasteiger partial charge < -0.3 is 0 Å². The number of fused-ring (bicyclic) bond motifs is 6. The van der Waals surface area contributed by atoms with Gasteiger partial charge in [-0.1, -0.05) is 0 Å². The first-order valence-corrected chi connectivity index (χ1v) is 9.01. The van der Waals surface area contributed by atoms with Gasteiger partial charge in [0.15, 0.2) is 34.2 Å². The van der Waals surface area contributed by atoms with Crippen molar-refractivity contribution in [3.63, 3.8) is 0 Å². The van der Waals surface area contributed by atoms with Crippen LogP contribution in [0, 0.1) is 0 Å². The van der Waals surface area contributed by atoms with Gasteiger partial charge in [0.1, 0.15) is 0 Å². The lowest BCUT2D eigenvalue weighted by molar-refractivity contribution is -0.166. The third-order valence-electron chi connectivity index (χ3n) is 4.79. The Morgan fingerprint density at radius 1 is 0.308 bits per heavy atom. The topological polar surface area (TPSA) is 51.9 Å². The van der Waals surface area contributed by atoms with E-state index in [2.05, 4.69) is 15.0 Å². The summed E-state index contributed by atoms with van der Waals surface area (Å²) in [5.41, 5.74) is -19.5. The van der Waals surface area contributed by atoms with Crippen molar-refractivity contribution in [2.45, 2.75) is 37.1 Å². The Morgan fingerprint density at radius 2 is 0.487 bits per heavy atom. The number of imidazole rings is 3. The highest BCUT2D eigenvalue weighted by Gasteiger charge is 2.55. The zero-order valence-electron chi connectivity index (χ0n) is 17.0. The lowest BCUT2D eigenvalue weighted by Gasteiger charge is -2.14. The molecule has 0 N–H and O–H groups in total. The molecule has 0 unspecified atom stereocenters. The van der Waals surface area contributed by atoms with Crippen molar-refractivity contribution in [3.05, 3.63) is 34.2 Å². The molecule has 0 saturated heterocycles. The van der Waals surface area contributed by atoms with Crippen LogP contribution in [-0.4, -0.2) is 28.2 Å². The molecule has 0 aliphatic heterocycles. The third kappa shape index (κ3) is 4.22. The van der Waals surface area contributed by atoms with Crippen LogP contribution in [-0.2, 0) is 37.1 Å². The molecule has 0 bridgehead atoms. The van der Waals surface area contributed by atoms with E-state index in [1.165, 1.54) is 0 Å². The van der Waals surface area contributed by atoms with Crippen LogP contribution < -0.4 is 0 Å². The molecule has 0 atom stereocenters. The van der Waals surface area contributed by atoms with E-state index in [1.54, 1.807) is 0 Å². The van der Waals surface area contributed by atoms with Gasteiger partial charge in [0, 0.05) is 0 Å². The summed E-state index contributed by atoms with van der Waals surface area (Å²) >= 11 is 0. The van der Waals surface area contributed by atoms with Crippen molar-refractivity contribution < 1.29 is 79.0 Å². The zero-order valence-corrected chi connectivity index (χ0v) is 17.0. The van der Waals surface area contributed by atoms with Crippen LogP contribution in [0.2, 0.25) is 0 Å². The third-order valence-corrected chi connectivity index (χ3v) is 4.79. The minimum Gasteiger partial charge on any atom is -0.241 e. The van der Waals surface area contributed by atoms with Crippen molar-refractivity contribution >= 4 is 17.3 Å². The number of halogens is 18. The SMILES string of the molecule is FC(F)(F)c1nc2n(c1C(F)(F)F)c1nc(C(F)(F)F)c(C(F)(F)F)n1c1nc(C(F)(F)F)c(C(F)(F)F)n21. The maximum Gasteiger partial charge on any atom is 0.435 e. The van der Waals surface area contributed by atoms with Crippen LogP contribution in [0.4, 0.5) is 79.0 Å². The molecular weight excluding hydrogens is 606 g/mol. The van der Waals surface area contributed by atoms with Gasteiger partial charge in [0.25, 0.3) is 0 Å². The summed E-state index contributed by atoms with van der Waals surface area (Å²) in [6, 6.07) is 0. The molecule has 4 aromatic heterocycles. The maximum absolute atomic E-state index is 13.7. The Bertz CT molecular complexity index is 1390. The van der Waals surface area contributed by atoms with Crippen molar-refractivity contribution in [3.8, 4) is 0 Å². The normalized spacial score (nSPS) is 14.9. The Labute approximate surface area is 197 Å². The van der Waals surface area contributed by atoms with Crippen molar-refractivity contribution in [1.82, 2.24) is 28.2 Å². The predicted octanol–water partition coefficient (Wildman–Crippen LogP) is 6.74. The molecule has 216 valence electrons. The van der Waals surface area contributed by atoms with Gasteiger partial charge in [-0.3, -0.25) is 0 Å². The van der Waals surface area contributed by atoms with E-state index in [9.17, 15) is 79.0 Å². The highest BCUT2D eigenvalue weighted by molar-refractivity contribution is 5.62. The van der Waals surface area contributed by atoms with Crippen LogP contribution in [0.3, 0.4) is 0 Å². The number of aromatic nitrogens is 6. The summed E-state index contributed by atoms with van der Waals surface area (Å²) in [7, 11) is 0. The quantitative estimate of drug-likeness (QED) is 0.209. The number of nitrogens with zero attached hydrogens (tertiary/aromatic N) is 6. The Morgan fingerprint density at radius 3 is 0.615 bits per heavy atom. The van der Waals surface area contributed by atoms with Gasteiger partial charge in [0.2, 0.25) is 17.3 Å². The first kappa shape index (κ1) is 28.4. The van der Waals surface area contributed by atoms with Crippen LogP contribution in [0.1, 0.15) is 34.2 Å². The number of rotatable bonds is 0. The van der Waals surface area contributed by atoms with E-state index in [0.717, 1.165) is 0 Å². The summed E-state index contributed by atoms with van der Waals surface area (Å²) < 4.78 is 240. The minimum atomic E-state index is -6.44. The molecule has 39 heavy (non-hydrogen) atoms. The Balaban J connectivity index is 2.56. The fourth-order valence-corrected chi connectivity index (χ4v) is 3.62. The summed E-state index contributed by atoms with van der Waals surface area (Å²) in [6.45, 7) is 0. The van der Waals surface area contributed by atoms with Gasteiger partial charge in [0.05, 0.1) is 0 Å². The molecule has 4 heterocycles. The summed E-state index contributed by atoms with van der Waals surface area (Å²) in [6.07, 6.45) is -38.2. The van der Waals surface area contributed by atoms with Gasteiger partial charge in [-0.05, 0) is 0 Å². The lowest BCUT2D eigenvalue weighted by Crippen LogP contribution is -2.21. The van der Waals surface area contributed by atoms with Gasteiger partial charge in [-0.25, -0.2) is 28.2 Å². The lowest BCUT2D eigenvalue weighted by atomic mass is 10.3. The molecule has 0 radical (unpaired) electrons. The second-order valence-electron chi connectivity index (χ2n) is 7.32. The summed E-state index contributed by atoms with van der Waals surface area (Å²) in [4.78, 5) is 6.66. The van der Waals surface area contributed by atoms with Crippen LogP contribution in [0.5, 0.6) is 0 Å². The van der Waals surface area contributed by atoms with Gasteiger partial charge in [-0.2, -0.15) is 79.0 Å². The smallest absolute Gasteiger partial charge is 0.241 e. The number of hydrogen-bond acceptors (Lipinski definition) is 3. The fourth-order valence-electron chi connectivity index (χ4n) is 3.62. The first-order chi connectivity index (χ1) is 17.2. The molecule has 0 amide bonds. The molecule has 0 fully saturated rings. The maximum atomic E-state index is 13.7. The van der Waals surface area contributed by atoms with Crippen molar-refractivity contribution in [1.29, 1.82) is 0 Å². The van der Waals surface area contributed by atoms with Crippen LogP contribution >= 0.6 is 0 Å². The fraction of sp³-hybridized carbons (Fsp3) is 0.400. The zero-order chi connectivity index (χ0) is 30.0. The molecule has 0 aromatic carbocycles.